The highest BCUT2D eigenvalue weighted by atomic mass is 19.4. The van der Waals surface area contributed by atoms with Crippen molar-refractivity contribution in [2.75, 3.05) is 0 Å². The molecule has 0 spiro atoms. The lowest BCUT2D eigenvalue weighted by molar-refractivity contribution is -0.441. The van der Waals surface area contributed by atoms with Gasteiger partial charge < -0.3 is 5.21 Å². The van der Waals surface area contributed by atoms with Crippen LogP contribution >= 0.6 is 0 Å². The number of hydrogen-bond donors (Lipinski definition) is 0. The number of alkyl halides is 6. The van der Waals surface area contributed by atoms with Crippen molar-refractivity contribution in [3.8, 4) is 0 Å². The molecule has 0 fully saturated rings. The molecule has 0 bridgehead atoms. The van der Waals surface area contributed by atoms with Crippen molar-refractivity contribution in [3.63, 3.8) is 0 Å². The number of nitrogens with zero attached hydrogens (tertiary/aromatic N) is 2. The highest BCUT2D eigenvalue weighted by Crippen LogP contribution is 2.41. The summed E-state index contributed by atoms with van der Waals surface area (Å²) in [5.41, 5.74) is -11.6. The third-order valence-electron chi connectivity index (χ3n) is 3.43. The van der Waals surface area contributed by atoms with Crippen molar-refractivity contribution in [1.29, 1.82) is 0 Å². The zero-order valence-corrected chi connectivity index (χ0v) is 13.6. The minimum absolute atomic E-state index is 1.83. The van der Waals surface area contributed by atoms with E-state index >= 15 is 0 Å². The summed E-state index contributed by atoms with van der Waals surface area (Å²) < 4.78 is 183. The maximum absolute atomic E-state index is 13.7. The number of hydrogen-bond acceptors (Lipinski definition) is 2. The van der Waals surface area contributed by atoms with Crippen molar-refractivity contribution in [2.24, 2.45) is 5.11 Å². The highest BCUT2D eigenvalue weighted by molar-refractivity contribution is 5.45. The molecule has 0 heterocycles. The summed E-state index contributed by atoms with van der Waals surface area (Å²) in [6.45, 7) is 0. The first kappa shape index (κ1) is 24.1. The Hall–Kier alpha value is -3.14. The zero-order chi connectivity index (χ0) is 24.2. The van der Waals surface area contributed by atoms with Crippen LogP contribution in [-0.4, -0.2) is 4.86 Å². The average molecular weight is 478 g/mol. The van der Waals surface area contributed by atoms with Gasteiger partial charge in [-0.15, -0.1) is 0 Å². The molecule has 0 aromatic heterocycles. The van der Waals surface area contributed by atoms with E-state index in [9.17, 15) is 66.7 Å². The van der Waals surface area contributed by atoms with Crippen LogP contribution in [0.5, 0.6) is 0 Å². The molecule has 2 aromatic carbocycles. The first-order valence-electron chi connectivity index (χ1n) is 6.98. The summed E-state index contributed by atoms with van der Waals surface area (Å²) >= 11 is 0. The van der Waals surface area contributed by atoms with Gasteiger partial charge in [-0.25, -0.2) is 26.3 Å². The fourth-order valence-corrected chi connectivity index (χ4v) is 2.13. The van der Waals surface area contributed by atoms with Crippen LogP contribution in [0.25, 0.3) is 0 Å². The summed E-state index contributed by atoms with van der Waals surface area (Å²) in [5.74, 6) is -25.0. The Morgan fingerprint density at radius 2 is 0.806 bits per heavy atom. The van der Waals surface area contributed by atoms with E-state index in [-0.39, 0.29) is 0 Å². The van der Waals surface area contributed by atoms with Gasteiger partial charge in [-0.3, -0.25) is 0 Å². The second-order valence-electron chi connectivity index (χ2n) is 5.33. The van der Waals surface area contributed by atoms with Crippen LogP contribution < -0.4 is 0 Å². The third kappa shape index (κ3) is 3.95. The van der Waals surface area contributed by atoms with Gasteiger partial charge in [-0.05, 0) is 4.86 Å². The fraction of sp³-hybridized carbons (Fsp3) is 0.143. The van der Waals surface area contributed by atoms with Gasteiger partial charge in [0.05, 0.1) is 0 Å². The summed E-state index contributed by atoms with van der Waals surface area (Å²) in [5, 5.41) is 13.5. The SMILES string of the molecule is [O-][N+](=Nc1c(F)c(F)c(C(F)(F)F)c(F)c1F)c1c(F)c(F)c(C(F)(F)F)c(F)c1F. The van der Waals surface area contributed by atoms with E-state index in [0.717, 1.165) is 0 Å². The van der Waals surface area contributed by atoms with E-state index in [0.29, 0.717) is 0 Å². The van der Waals surface area contributed by atoms with Gasteiger partial charge in [0.25, 0.3) is 0 Å². The standard InChI is InChI=1S/C14F14N2O/c15-3-1(13(23,24)25)4(16)8(20)11(7(3)19)29-30(31)12-9(21)5(17)2(14(26,27)28)6(18)10(12)22. The molecular weight excluding hydrogens is 478 g/mol. The maximum atomic E-state index is 13.7. The van der Waals surface area contributed by atoms with E-state index in [1.807, 2.05) is 5.11 Å². The molecule has 0 radical (unpaired) electrons. The molecule has 0 aliphatic rings. The Bertz CT molecular complexity index is 1040. The first-order valence-corrected chi connectivity index (χ1v) is 6.98. The normalized spacial score (nSPS) is 13.2. The lowest BCUT2D eigenvalue weighted by Crippen LogP contribution is -2.17. The van der Waals surface area contributed by atoms with Gasteiger partial charge in [-0.2, -0.15) is 35.1 Å². The van der Waals surface area contributed by atoms with E-state index in [1.165, 1.54) is 0 Å². The molecule has 31 heavy (non-hydrogen) atoms. The summed E-state index contributed by atoms with van der Waals surface area (Å²) in [4.78, 5) is -1.83. The van der Waals surface area contributed by atoms with Gasteiger partial charge >= 0.3 is 18.0 Å². The van der Waals surface area contributed by atoms with Crippen molar-refractivity contribution < 1.29 is 66.3 Å². The molecule has 170 valence electrons. The predicted octanol–water partition coefficient (Wildman–Crippen LogP) is 6.76. The fourth-order valence-electron chi connectivity index (χ4n) is 2.13. The highest BCUT2D eigenvalue weighted by Gasteiger charge is 2.45. The molecule has 2 aromatic rings. The van der Waals surface area contributed by atoms with Crippen LogP contribution in [0.4, 0.5) is 72.8 Å². The summed E-state index contributed by atoms with van der Waals surface area (Å²) in [6, 6.07) is 0. The average Bonchev–Trinajstić information content (AvgIpc) is 2.60. The Morgan fingerprint density at radius 3 is 1.10 bits per heavy atom. The Morgan fingerprint density at radius 1 is 0.516 bits per heavy atom. The molecule has 0 aliphatic carbocycles. The van der Waals surface area contributed by atoms with Crippen LogP contribution in [0.1, 0.15) is 11.1 Å². The van der Waals surface area contributed by atoms with E-state index in [1.54, 1.807) is 0 Å². The second-order valence-corrected chi connectivity index (χ2v) is 5.33. The Labute approximate surface area is 159 Å². The van der Waals surface area contributed by atoms with Crippen molar-refractivity contribution in [1.82, 2.24) is 0 Å². The van der Waals surface area contributed by atoms with Gasteiger partial charge in [0.15, 0.2) is 34.9 Å². The lowest BCUT2D eigenvalue weighted by atomic mass is 10.1. The minimum Gasteiger partial charge on any atom is -0.594 e. The second kappa shape index (κ2) is 7.52. The van der Waals surface area contributed by atoms with Crippen LogP contribution in [0.15, 0.2) is 5.11 Å². The van der Waals surface area contributed by atoms with Crippen molar-refractivity contribution >= 4 is 11.4 Å². The lowest BCUT2D eigenvalue weighted by Gasteiger charge is -2.13. The molecule has 0 unspecified atom stereocenters. The minimum atomic E-state index is -6.03. The van der Waals surface area contributed by atoms with Crippen molar-refractivity contribution in [3.05, 3.63) is 62.9 Å². The van der Waals surface area contributed by atoms with Crippen LogP contribution in [0.3, 0.4) is 0 Å². The first-order chi connectivity index (χ1) is 13.9. The van der Waals surface area contributed by atoms with Gasteiger partial charge in [0.2, 0.25) is 17.3 Å². The Kier molecular flexibility index (Phi) is 5.86. The van der Waals surface area contributed by atoms with Crippen LogP contribution in [0.2, 0.25) is 0 Å². The third-order valence-corrected chi connectivity index (χ3v) is 3.43. The van der Waals surface area contributed by atoms with E-state index in [2.05, 4.69) is 0 Å². The molecule has 0 N–H and O–H groups in total. The smallest absolute Gasteiger partial charge is 0.422 e. The van der Waals surface area contributed by atoms with Crippen LogP contribution in [-0.2, 0) is 12.4 Å². The monoisotopic (exact) mass is 478 g/mol. The molecule has 3 nitrogen and oxygen atoms in total. The number of azo groups is 1. The van der Waals surface area contributed by atoms with Gasteiger partial charge in [0.1, 0.15) is 11.1 Å². The maximum Gasteiger partial charge on any atom is 0.422 e. The summed E-state index contributed by atoms with van der Waals surface area (Å²) in [7, 11) is 0. The predicted molar refractivity (Wildman–Crippen MR) is 67.9 cm³/mol. The molecule has 2 rings (SSSR count). The molecule has 0 saturated carbocycles. The number of benzene rings is 2. The molecule has 17 heteroatoms. The largest absolute Gasteiger partial charge is 0.594 e. The Balaban J connectivity index is 2.84. The van der Waals surface area contributed by atoms with E-state index < -0.39 is 86.3 Å². The molecule has 0 aliphatic heterocycles. The molecule has 0 saturated heterocycles. The number of rotatable bonds is 2. The van der Waals surface area contributed by atoms with Gasteiger partial charge in [-0.1, -0.05) is 0 Å². The molecular formula is C14F14N2O. The molecule has 0 amide bonds. The number of halogens is 14. The van der Waals surface area contributed by atoms with Crippen molar-refractivity contribution in [2.45, 2.75) is 12.4 Å². The van der Waals surface area contributed by atoms with Gasteiger partial charge in [0, 0.05) is 5.11 Å². The topological polar surface area (TPSA) is 38.4 Å². The molecule has 0 atom stereocenters. The zero-order valence-electron chi connectivity index (χ0n) is 13.6. The quantitative estimate of drug-likeness (QED) is 0.155. The summed E-state index contributed by atoms with van der Waals surface area (Å²) in [6.07, 6.45) is -12.0. The van der Waals surface area contributed by atoms with E-state index in [4.69, 9.17) is 0 Å². The van der Waals surface area contributed by atoms with Crippen LogP contribution in [0, 0.1) is 51.7 Å².